The number of aryl methyl sites for hydroxylation is 1. The molecule has 2 heterocycles. The van der Waals surface area contributed by atoms with Crippen molar-refractivity contribution in [1.29, 1.82) is 0 Å². The normalized spacial score (nSPS) is 35.3. The van der Waals surface area contributed by atoms with E-state index >= 15 is 0 Å². The highest BCUT2D eigenvalue weighted by molar-refractivity contribution is 5.64. The summed E-state index contributed by atoms with van der Waals surface area (Å²) in [7, 11) is 3.89. The first-order valence-electron chi connectivity index (χ1n) is 8.44. The second-order valence-corrected chi connectivity index (χ2v) is 7.23. The van der Waals surface area contributed by atoms with Gasteiger partial charge in [-0.15, -0.1) is 0 Å². The summed E-state index contributed by atoms with van der Waals surface area (Å²) in [4.78, 5) is 2.41. The molecule has 4 atom stereocenters. The second kappa shape index (κ2) is 4.99. The van der Waals surface area contributed by atoms with Crippen molar-refractivity contribution in [3.05, 3.63) is 34.9 Å². The highest BCUT2D eigenvalue weighted by Gasteiger charge is 2.53. The van der Waals surface area contributed by atoms with E-state index in [0.29, 0.717) is 12.5 Å². The third kappa shape index (κ3) is 1.91. The first-order valence-corrected chi connectivity index (χ1v) is 8.44. The molecule has 0 aromatic heterocycles. The van der Waals surface area contributed by atoms with Gasteiger partial charge in [0.15, 0.2) is 11.5 Å². The number of hydrogen-bond donors (Lipinski definition) is 1. The molecule has 124 valence electrons. The molecule has 23 heavy (non-hydrogen) atoms. The highest BCUT2D eigenvalue weighted by atomic mass is 16.5. The maximum Gasteiger partial charge on any atom is 0.166 e. The molecule has 0 amide bonds. The van der Waals surface area contributed by atoms with Crippen molar-refractivity contribution in [3.8, 4) is 11.5 Å². The lowest BCUT2D eigenvalue weighted by molar-refractivity contribution is 0.0813. The van der Waals surface area contributed by atoms with E-state index in [1.165, 1.54) is 16.7 Å². The first kappa shape index (κ1) is 15.0. The number of benzene rings is 1. The number of aliphatic hydroxyl groups is 1. The topological polar surface area (TPSA) is 41.9 Å². The minimum absolute atomic E-state index is 0.00866. The summed E-state index contributed by atoms with van der Waals surface area (Å²) in [6, 6.07) is 2.44. The molecule has 0 saturated heterocycles. The number of rotatable bonds is 1. The monoisotopic (exact) mass is 315 g/mol. The van der Waals surface area contributed by atoms with Gasteiger partial charge >= 0.3 is 0 Å². The molecule has 1 aromatic carbocycles. The van der Waals surface area contributed by atoms with E-state index in [9.17, 15) is 5.11 Å². The van der Waals surface area contributed by atoms with Crippen molar-refractivity contribution in [2.24, 2.45) is 0 Å². The molecule has 0 bridgehead atoms. The Kier molecular flexibility index (Phi) is 3.26. The lowest BCUT2D eigenvalue weighted by atomic mass is 9.68. The number of hydrogen-bond acceptors (Lipinski definition) is 4. The van der Waals surface area contributed by atoms with Crippen LogP contribution in [-0.4, -0.2) is 42.9 Å². The van der Waals surface area contributed by atoms with Crippen molar-refractivity contribution < 1.29 is 14.6 Å². The van der Waals surface area contributed by atoms with Gasteiger partial charge in [0.25, 0.3) is 0 Å². The van der Waals surface area contributed by atoms with E-state index in [2.05, 4.69) is 37.9 Å². The van der Waals surface area contributed by atoms with Crippen molar-refractivity contribution in [3.63, 3.8) is 0 Å². The SMILES string of the molecule is COc1cc(C)c2c3c1O[C@@H]1CC(O)C=CC31CCN(C)C2C. The van der Waals surface area contributed by atoms with E-state index in [1.54, 1.807) is 7.11 Å². The molecule has 3 unspecified atom stereocenters. The minimum Gasteiger partial charge on any atom is -0.493 e. The van der Waals surface area contributed by atoms with Crippen LogP contribution in [0.2, 0.25) is 0 Å². The molecule has 0 saturated carbocycles. The number of nitrogens with zero attached hydrogens (tertiary/aromatic N) is 1. The van der Waals surface area contributed by atoms with Gasteiger partial charge in [-0.2, -0.15) is 0 Å². The number of aliphatic hydroxyl groups excluding tert-OH is 1. The van der Waals surface area contributed by atoms with Crippen LogP contribution in [0.25, 0.3) is 0 Å². The van der Waals surface area contributed by atoms with Gasteiger partial charge in [-0.3, -0.25) is 4.90 Å². The summed E-state index contributed by atoms with van der Waals surface area (Å²) in [6.07, 6.45) is 5.37. The van der Waals surface area contributed by atoms with Crippen molar-refractivity contribution >= 4 is 0 Å². The van der Waals surface area contributed by atoms with E-state index in [-0.39, 0.29) is 11.5 Å². The molecule has 4 rings (SSSR count). The molecule has 1 aliphatic carbocycles. The van der Waals surface area contributed by atoms with Gasteiger partial charge in [-0.25, -0.2) is 0 Å². The summed E-state index contributed by atoms with van der Waals surface area (Å²) in [5.74, 6) is 1.70. The molecule has 3 aliphatic rings. The predicted octanol–water partition coefficient (Wildman–Crippen LogP) is 2.72. The lowest BCUT2D eigenvalue weighted by Gasteiger charge is -2.35. The molecule has 4 nitrogen and oxygen atoms in total. The second-order valence-electron chi connectivity index (χ2n) is 7.23. The Morgan fingerprint density at radius 2 is 2.22 bits per heavy atom. The van der Waals surface area contributed by atoms with Crippen LogP contribution < -0.4 is 9.47 Å². The van der Waals surface area contributed by atoms with Crippen molar-refractivity contribution in [1.82, 2.24) is 4.90 Å². The van der Waals surface area contributed by atoms with Gasteiger partial charge in [0.05, 0.1) is 18.6 Å². The van der Waals surface area contributed by atoms with Crippen LogP contribution in [0.4, 0.5) is 0 Å². The van der Waals surface area contributed by atoms with E-state index < -0.39 is 6.10 Å². The summed E-state index contributed by atoms with van der Waals surface area (Å²) >= 11 is 0. The summed E-state index contributed by atoms with van der Waals surface area (Å²) in [6.45, 7) is 5.44. The standard InChI is InChI=1S/C19H25NO3/c1-11-9-14(22-4)18-17-16(11)12(2)20(3)8-7-19(17)6-5-13(21)10-15(19)23-18/h5-6,9,12-13,15,21H,7-8,10H2,1-4H3/t12?,13?,15-,19?/m1/s1. The Morgan fingerprint density at radius 3 is 2.96 bits per heavy atom. The Morgan fingerprint density at radius 1 is 1.43 bits per heavy atom. The third-order valence-corrected chi connectivity index (χ3v) is 6.04. The number of methoxy groups -OCH3 is 1. The third-order valence-electron chi connectivity index (χ3n) is 6.04. The summed E-state index contributed by atoms with van der Waals surface area (Å²) in [5.41, 5.74) is 3.77. The summed E-state index contributed by atoms with van der Waals surface area (Å²) < 4.78 is 12.0. The molecule has 1 aromatic rings. The van der Waals surface area contributed by atoms with Crippen LogP contribution in [0.15, 0.2) is 18.2 Å². The van der Waals surface area contributed by atoms with Crippen molar-refractivity contribution in [2.45, 2.75) is 50.4 Å². The Hall–Kier alpha value is -1.52. The fourth-order valence-corrected chi connectivity index (χ4v) is 4.63. The Balaban J connectivity index is 2.03. The van der Waals surface area contributed by atoms with Gasteiger partial charge < -0.3 is 14.6 Å². The Bertz CT molecular complexity index is 684. The minimum atomic E-state index is -0.422. The van der Waals surface area contributed by atoms with Gasteiger partial charge in [0.1, 0.15) is 6.10 Å². The largest absolute Gasteiger partial charge is 0.493 e. The quantitative estimate of drug-likeness (QED) is 0.809. The fourth-order valence-electron chi connectivity index (χ4n) is 4.63. The Labute approximate surface area is 137 Å². The van der Waals surface area contributed by atoms with E-state index in [0.717, 1.165) is 24.5 Å². The average molecular weight is 315 g/mol. The maximum atomic E-state index is 10.1. The van der Waals surface area contributed by atoms with Gasteiger partial charge in [-0.1, -0.05) is 12.2 Å². The molecule has 1 spiro atoms. The highest BCUT2D eigenvalue weighted by Crippen LogP contribution is 2.57. The van der Waals surface area contributed by atoms with Gasteiger partial charge in [0.2, 0.25) is 0 Å². The average Bonchev–Trinajstić information content (AvgIpc) is 2.80. The van der Waals surface area contributed by atoms with E-state index in [4.69, 9.17) is 9.47 Å². The molecular formula is C19H25NO3. The zero-order valence-corrected chi connectivity index (χ0v) is 14.3. The smallest absolute Gasteiger partial charge is 0.166 e. The summed E-state index contributed by atoms with van der Waals surface area (Å²) in [5, 5.41) is 10.1. The fraction of sp³-hybridized carbons (Fsp3) is 0.579. The van der Waals surface area contributed by atoms with Crippen LogP contribution >= 0.6 is 0 Å². The first-order chi connectivity index (χ1) is 11.0. The van der Waals surface area contributed by atoms with Gasteiger partial charge in [0, 0.05) is 18.0 Å². The molecule has 4 heteroatoms. The molecule has 0 radical (unpaired) electrons. The van der Waals surface area contributed by atoms with E-state index in [1.807, 2.05) is 6.08 Å². The van der Waals surface area contributed by atoms with Crippen LogP contribution in [0.3, 0.4) is 0 Å². The predicted molar refractivity (Wildman–Crippen MR) is 89.3 cm³/mol. The number of ether oxygens (including phenoxy) is 2. The zero-order valence-electron chi connectivity index (χ0n) is 14.3. The van der Waals surface area contributed by atoms with Crippen LogP contribution in [0.5, 0.6) is 11.5 Å². The van der Waals surface area contributed by atoms with Gasteiger partial charge in [-0.05, 0) is 51.1 Å². The lowest BCUT2D eigenvalue weighted by Crippen LogP contribution is -2.42. The molecule has 1 N–H and O–H groups in total. The zero-order chi connectivity index (χ0) is 16.4. The van der Waals surface area contributed by atoms with Crippen LogP contribution in [-0.2, 0) is 5.41 Å². The van der Waals surface area contributed by atoms with Crippen LogP contribution in [0.1, 0.15) is 42.5 Å². The van der Waals surface area contributed by atoms with Crippen LogP contribution in [0, 0.1) is 6.92 Å². The van der Waals surface area contributed by atoms with Crippen molar-refractivity contribution in [2.75, 3.05) is 20.7 Å². The maximum absolute atomic E-state index is 10.1. The molecule has 2 aliphatic heterocycles. The molecule has 0 fully saturated rings. The molecular weight excluding hydrogens is 290 g/mol.